The fourth-order valence-electron chi connectivity index (χ4n) is 2.31. The third-order valence-corrected chi connectivity index (χ3v) is 10.5. The van der Waals surface area contributed by atoms with E-state index < -0.39 is 72.1 Å². The molecule has 2 unspecified atom stereocenters. The molecule has 29 heavy (non-hydrogen) atoms. The van der Waals surface area contributed by atoms with Crippen molar-refractivity contribution in [2.24, 2.45) is 0 Å². The Bertz CT molecular complexity index is 1020. The Balaban J connectivity index is 2.03. The van der Waals surface area contributed by atoms with Gasteiger partial charge in [0.05, 0.1) is 0 Å². The number of nitrogens with zero attached hydrogens (tertiary/aromatic N) is 1. The summed E-state index contributed by atoms with van der Waals surface area (Å²) in [5.74, 6) is 0. The van der Waals surface area contributed by atoms with E-state index in [0.717, 1.165) is 0 Å². The second kappa shape index (κ2) is 8.97. The van der Waals surface area contributed by atoms with Gasteiger partial charge >= 0.3 is 168 Å². The molecule has 0 spiro atoms. The topological polar surface area (TPSA) is 235 Å². The second-order valence-corrected chi connectivity index (χ2v) is 13.2. The molecule has 0 radical (unpaired) electrons. The van der Waals surface area contributed by atoms with E-state index >= 15 is 0 Å². The predicted molar refractivity (Wildman–Crippen MR) is 95.0 cm³/mol. The number of phosphoric acid groups is 3. The molecule has 1 aromatic rings. The third kappa shape index (κ3) is 7.34. The number of rotatable bonds is 8. The first kappa shape index (κ1) is 24.8. The number of aromatic nitrogens is 2. The van der Waals surface area contributed by atoms with Gasteiger partial charge in [-0.25, -0.2) is 0 Å². The number of hydrogen-bond acceptors (Lipinski definition) is 9. The van der Waals surface area contributed by atoms with Crippen LogP contribution in [0.2, 0.25) is 4.82 Å². The first-order valence-electron chi connectivity index (χ1n) is 7.52. The first-order valence-corrected chi connectivity index (χ1v) is 14.0. The number of aliphatic hydroxyl groups excluding tert-OH is 1. The number of aromatic amines is 1. The Morgan fingerprint density at radius 1 is 1.17 bits per heavy atom. The zero-order chi connectivity index (χ0) is 22.2. The third-order valence-electron chi connectivity index (χ3n) is 3.48. The number of hydrogen-bond donors (Lipinski definition) is 6. The van der Waals surface area contributed by atoms with Crippen molar-refractivity contribution in [2.75, 3.05) is 6.61 Å². The monoisotopic (exact) mass is 546 g/mol. The van der Waals surface area contributed by atoms with Crippen molar-refractivity contribution >= 4 is 38.4 Å². The van der Waals surface area contributed by atoms with Gasteiger partial charge in [0, 0.05) is 0 Å². The maximum absolute atomic E-state index is 11.9. The van der Waals surface area contributed by atoms with Crippen molar-refractivity contribution in [2.45, 2.75) is 29.2 Å². The van der Waals surface area contributed by atoms with Gasteiger partial charge in [-0.2, -0.15) is 0 Å². The van der Waals surface area contributed by atoms with Crippen LogP contribution in [0.1, 0.15) is 16.9 Å². The van der Waals surface area contributed by atoms with Crippen molar-refractivity contribution in [1.29, 1.82) is 0 Å². The molecule has 0 amide bonds. The number of H-pyrrole nitrogens is 1. The average molecular weight is 545 g/mol. The van der Waals surface area contributed by atoms with Crippen LogP contribution in [-0.2, 0) is 26.8 Å². The number of nitrogens with one attached hydrogen (secondary N) is 1. The zero-order valence-electron chi connectivity index (χ0n) is 14.4. The van der Waals surface area contributed by atoms with Crippen molar-refractivity contribution in [3.63, 3.8) is 0 Å². The summed E-state index contributed by atoms with van der Waals surface area (Å²) in [7, 11) is -16.4. The molecule has 1 aliphatic rings. The zero-order valence-corrected chi connectivity index (χ0v) is 18.8. The van der Waals surface area contributed by atoms with E-state index in [1.54, 1.807) is 0 Å². The summed E-state index contributed by atoms with van der Waals surface area (Å²) in [4.78, 5) is 59.8. The van der Waals surface area contributed by atoms with Gasteiger partial charge in [-0.15, -0.1) is 0 Å². The van der Waals surface area contributed by atoms with Crippen molar-refractivity contribution in [1.82, 2.24) is 9.55 Å². The average Bonchev–Trinajstić information content (AvgIpc) is 2.86. The summed E-state index contributed by atoms with van der Waals surface area (Å²) in [6.07, 6.45) is 0.340. The van der Waals surface area contributed by atoms with Crippen LogP contribution in [0.5, 0.6) is 0 Å². The van der Waals surface area contributed by atoms with E-state index in [-0.39, 0.29) is 12.0 Å². The number of phosphoric ester groups is 1. The van der Waals surface area contributed by atoms with Gasteiger partial charge in [0.25, 0.3) is 0 Å². The van der Waals surface area contributed by atoms with Crippen LogP contribution >= 0.6 is 23.5 Å². The molecule has 15 nitrogen and oxygen atoms in total. The predicted octanol–water partition coefficient (Wildman–Crippen LogP) is -1.06. The minimum absolute atomic E-state index is 0.0792. The fraction of sp³-hybridized carbons (Fsp3) is 0.600. The first-order chi connectivity index (χ1) is 13.1. The normalized spacial score (nSPS) is 26.8. The molecular weight excluding hydrogens is 528 g/mol. The summed E-state index contributed by atoms with van der Waals surface area (Å²) in [6, 6.07) is 0. The SMILES string of the molecule is Cc1cn([C@H]2C[C@H](O)[C@@H](COP(=O)(O)OP(=O)(O)OP(=O)(O)O)[Se]2)c(=O)[nH]c1=O. The van der Waals surface area contributed by atoms with Gasteiger partial charge in [-0.3, -0.25) is 0 Å². The molecule has 166 valence electrons. The van der Waals surface area contributed by atoms with Crippen LogP contribution in [0.25, 0.3) is 0 Å². The van der Waals surface area contributed by atoms with E-state index in [1.807, 2.05) is 0 Å². The van der Waals surface area contributed by atoms with Crippen molar-refractivity contribution in [3.05, 3.63) is 32.6 Å². The molecule has 1 fully saturated rings. The molecule has 1 aromatic heterocycles. The van der Waals surface area contributed by atoms with Crippen LogP contribution in [0.4, 0.5) is 0 Å². The van der Waals surface area contributed by atoms with E-state index in [9.17, 15) is 33.3 Å². The van der Waals surface area contributed by atoms with Gasteiger partial charge in [-0.1, -0.05) is 0 Å². The van der Waals surface area contributed by atoms with Crippen LogP contribution < -0.4 is 11.2 Å². The van der Waals surface area contributed by atoms with Crippen LogP contribution in [0.15, 0.2) is 15.8 Å². The van der Waals surface area contributed by atoms with Gasteiger partial charge in [0.1, 0.15) is 0 Å². The Morgan fingerprint density at radius 3 is 2.38 bits per heavy atom. The summed E-state index contributed by atoms with van der Waals surface area (Å²) in [5, 5.41) is 10.1. The van der Waals surface area contributed by atoms with E-state index in [2.05, 4.69) is 18.1 Å². The molecule has 6 N–H and O–H groups in total. The Morgan fingerprint density at radius 2 is 1.79 bits per heavy atom. The van der Waals surface area contributed by atoms with Crippen LogP contribution in [-0.4, -0.2) is 61.9 Å². The van der Waals surface area contributed by atoms with Gasteiger partial charge in [0.2, 0.25) is 0 Å². The summed E-state index contributed by atoms with van der Waals surface area (Å²) in [5.41, 5.74) is -0.971. The molecule has 2 rings (SSSR count). The molecule has 19 heteroatoms. The minimum atomic E-state index is -5.63. The molecule has 1 aliphatic heterocycles. The number of aryl methyl sites for hydroxylation is 1. The fourth-order valence-corrected chi connectivity index (χ4v) is 8.60. The van der Waals surface area contributed by atoms with Crippen LogP contribution in [0, 0.1) is 6.92 Å². The Kier molecular flexibility index (Phi) is 7.69. The molecule has 0 bridgehead atoms. The Labute approximate surface area is 168 Å². The standard InChI is InChI=1S/C10H17N2O13P3Se/c1-5-3-12(10(15)11-9(5)14)8-2-6(13)7(29-8)4-23-27(19,20)25-28(21,22)24-26(16,17)18/h3,6-8,13H,2,4H2,1H3,(H,19,20)(H,21,22)(H,11,14,15)(H2,16,17,18)/t6-,7+,8+/m0/s1. The maximum atomic E-state index is 11.9. The molecule has 0 aliphatic carbocycles. The summed E-state index contributed by atoms with van der Waals surface area (Å²) >= 11 is -0.570. The molecule has 0 aromatic carbocycles. The molecule has 5 atom stereocenters. The molecule has 1 saturated heterocycles. The summed E-state index contributed by atoms with van der Waals surface area (Å²) in [6.45, 7) is 0.860. The molecular formula is C10H17N2O13P3Se. The van der Waals surface area contributed by atoms with E-state index in [1.165, 1.54) is 17.7 Å². The van der Waals surface area contributed by atoms with Crippen molar-refractivity contribution < 1.29 is 51.5 Å². The van der Waals surface area contributed by atoms with Gasteiger partial charge in [0.15, 0.2) is 0 Å². The van der Waals surface area contributed by atoms with E-state index in [0.29, 0.717) is 0 Å². The van der Waals surface area contributed by atoms with Gasteiger partial charge < -0.3 is 0 Å². The molecule has 2 heterocycles. The quantitative estimate of drug-likeness (QED) is 0.169. The molecule has 0 saturated carbocycles. The summed E-state index contributed by atoms with van der Waals surface area (Å²) < 4.78 is 46.5. The number of aliphatic hydroxyl groups is 1. The van der Waals surface area contributed by atoms with E-state index in [4.69, 9.17) is 14.7 Å². The van der Waals surface area contributed by atoms with Gasteiger partial charge in [-0.05, 0) is 0 Å². The van der Waals surface area contributed by atoms with Crippen molar-refractivity contribution in [3.8, 4) is 0 Å². The Hall–Kier alpha value is -0.431. The second-order valence-electron chi connectivity index (χ2n) is 5.80. The van der Waals surface area contributed by atoms with Crippen LogP contribution in [0.3, 0.4) is 0 Å².